The summed E-state index contributed by atoms with van der Waals surface area (Å²) < 4.78 is 0. The smallest absolute Gasteiger partial charge is 0.0991 e. The van der Waals surface area contributed by atoms with Gasteiger partial charge in [-0.25, -0.2) is 0 Å². The number of nitrogen functional groups attached to an aromatic ring is 1. The molecule has 0 bridgehead atoms. The molecule has 108 valence electrons. The number of nitrogens with zero attached hydrogens (tertiary/aromatic N) is 2. The summed E-state index contributed by atoms with van der Waals surface area (Å²) in [4.78, 5) is 2.37. The van der Waals surface area contributed by atoms with Gasteiger partial charge < -0.3 is 5.73 Å². The highest BCUT2D eigenvalue weighted by Crippen LogP contribution is 2.15. The molecule has 0 fully saturated rings. The van der Waals surface area contributed by atoms with Crippen LogP contribution in [0.15, 0.2) is 48.5 Å². The zero-order valence-corrected chi connectivity index (χ0v) is 12.6. The highest BCUT2D eigenvalue weighted by atomic mass is 15.1. The Morgan fingerprint density at radius 3 is 2.24 bits per heavy atom. The molecule has 0 aliphatic carbocycles. The van der Waals surface area contributed by atoms with E-state index < -0.39 is 0 Å². The predicted molar refractivity (Wildman–Crippen MR) is 86.4 cm³/mol. The van der Waals surface area contributed by atoms with Gasteiger partial charge in [0.1, 0.15) is 0 Å². The first-order valence-corrected chi connectivity index (χ1v) is 7.16. The Morgan fingerprint density at radius 1 is 1.05 bits per heavy atom. The van der Waals surface area contributed by atoms with Gasteiger partial charge in [0.05, 0.1) is 11.6 Å². The fourth-order valence-corrected chi connectivity index (χ4v) is 2.32. The van der Waals surface area contributed by atoms with E-state index in [0.717, 1.165) is 24.3 Å². The van der Waals surface area contributed by atoms with E-state index in [1.165, 1.54) is 5.56 Å². The molecule has 0 saturated heterocycles. The average Bonchev–Trinajstić information content (AvgIpc) is 2.47. The second-order valence-corrected chi connectivity index (χ2v) is 5.56. The quantitative estimate of drug-likeness (QED) is 0.852. The molecule has 2 aromatic carbocycles. The number of hydrogen-bond donors (Lipinski definition) is 1. The SMILES string of the molecule is CC(C)N(Cc1cccc(N)c1)Cc1cccc(C#N)c1. The third-order valence-corrected chi connectivity index (χ3v) is 3.51. The molecule has 0 aromatic heterocycles. The largest absolute Gasteiger partial charge is 0.399 e. The van der Waals surface area contributed by atoms with Gasteiger partial charge in [-0.3, -0.25) is 4.90 Å². The van der Waals surface area contributed by atoms with Gasteiger partial charge in [0.15, 0.2) is 0 Å². The van der Waals surface area contributed by atoms with Gasteiger partial charge in [-0.1, -0.05) is 24.3 Å². The van der Waals surface area contributed by atoms with Crippen LogP contribution in [0, 0.1) is 11.3 Å². The van der Waals surface area contributed by atoms with Gasteiger partial charge >= 0.3 is 0 Å². The molecule has 3 heteroatoms. The summed E-state index contributed by atoms with van der Waals surface area (Å²) >= 11 is 0. The summed E-state index contributed by atoms with van der Waals surface area (Å²) in [6.45, 7) is 6.03. The van der Waals surface area contributed by atoms with Gasteiger partial charge in [-0.15, -0.1) is 0 Å². The molecule has 0 spiro atoms. The van der Waals surface area contributed by atoms with Crippen LogP contribution >= 0.6 is 0 Å². The van der Waals surface area contributed by atoms with Gasteiger partial charge in [0.25, 0.3) is 0 Å². The number of benzene rings is 2. The molecule has 0 aliphatic heterocycles. The molecule has 2 N–H and O–H groups in total. The second kappa shape index (κ2) is 6.92. The molecule has 0 radical (unpaired) electrons. The summed E-state index contributed by atoms with van der Waals surface area (Å²) in [6.07, 6.45) is 0. The molecular weight excluding hydrogens is 258 g/mol. The van der Waals surface area contributed by atoms with Crippen LogP contribution in [0.25, 0.3) is 0 Å². The molecule has 2 rings (SSSR count). The Hall–Kier alpha value is -2.31. The van der Waals surface area contributed by atoms with Gasteiger partial charge in [-0.05, 0) is 49.2 Å². The van der Waals surface area contributed by atoms with E-state index in [2.05, 4.69) is 36.9 Å². The van der Waals surface area contributed by atoms with E-state index in [1.807, 2.05) is 36.4 Å². The summed E-state index contributed by atoms with van der Waals surface area (Å²) in [5, 5.41) is 8.99. The molecule has 0 amide bonds. The fourth-order valence-electron chi connectivity index (χ4n) is 2.32. The summed E-state index contributed by atoms with van der Waals surface area (Å²) in [5.74, 6) is 0. The number of rotatable bonds is 5. The van der Waals surface area contributed by atoms with Crippen molar-refractivity contribution in [1.82, 2.24) is 4.90 Å². The molecule has 2 aromatic rings. The third-order valence-electron chi connectivity index (χ3n) is 3.51. The first-order chi connectivity index (χ1) is 10.1. The monoisotopic (exact) mass is 279 g/mol. The number of nitrogens with two attached hydrogens (primary N) is 1. The maximum absolute atomic E-state index is 8.99. The first-order valence-electron chi connectivity index (χ1n) is 7.16. The van der Waals surface area contributed by atoms with Crippen molar-refractivity contribution in [3.8, 4) is 6.07 Å². The summed E-state index contributed by atoms with van der Waals surface area (Å²) in [6, 6.07) is 18.4. The molecule has 0 atom stereocenters. The molecule has 0 saturated carbocycles. The van der Waals surface area contributed by atoms with Crippen LogP contribution in [-0.4, -0.2) is 10.9 Å². The Balaban J connectivity index is 2.14. The molecule has 0 heterocycles. The van der Waals surface area contributed by atoms with Crippen LogP contribution in [0.2, 0.25) is 0 Å². The Labute approximate surface area is 126 Å². The van der Waals surface area contributed by atoms with Crippen molar-refractivity contribution in [2.75, 3.05) is 5.73 Å². The highest BCUT2D eigenvalue weighted by Gasteiger charge is 2.11. The Morgan fingerprint density at radius 2 is 1.67 bits per heavy atom. The zero-order valence-electron chi connectivity index (χ0n) is 12.6. The molecular formula is C18H21N3. The fraction of sp³-hybridized carbons (Fsp3) is 0.278. The minimum absolute atomic E-state index is 0.414. The maximum atomic E-state index is 8.99. The lowest BCUT2D eigenvalue weighted by Gasteiger charge is -2.27. The van der Waals surface area contributed by atoms with E-state index in [0.29, 0.717) is 11.6 Å². The first kappa shape index (κ1) is 15.1. The third kappa shape index (κ3) is 4.34. The van der Waals surface area contributed by atoms with Crippen LogP contribution in [0.4, 0.5) is 5.69 Å². The normalized spacial score (nSPS) is 10.8. The topological polar surface area (TPSA) is 53.0 Å². The van der Waals surface area contributed by atoms with Gasteiger partial charge in [-0.2, -0.15) is 5.26 Å². The van der Waals surface area contributed by atoms with Crippen molar-refractivity contribution >= 4 is 5.69 Å². The predicted octanol–water partition coefficient (Wildman–Crippen LogP) is 3.55. The van der Waals surface area contributed by atoms with Gasteiger partial charge in [0, 0.05) is 24.8 Å². The van der Waals surface area contributed by atoms with Crippen LogP contribution in [0.3, 0.4) is 0 Å². The average molecular weight is 279 g/mol. The van der Waals surface area contributed by atoms with Crippen molar-refractivity contribution in [1.29, 1.82) is 5.26 Å². The second-order valence-electron chi connectivity index (χ2n) is 5.56. The zero-order chi connectivity index (χ0) is 15.2. The van der Waals surface area contributed by atoms with Crippen molar-refractivity contribution in [3.63, 3.8) is 0 Å². The van der Waals surface area contributed by atoms with E-state index in [1.54, 1.807) is 0 Å². The van der Waals surface area contributed by atoms with Crippen molar-refractivity contribution in [2.45, 2.75) is 33.0 Å². The number of nitriles is 1. The molecule has 21 heavy (non-hydrogen) atoms. The lowest BCUT2D eigenvalue weighted by molar-refractivity contribution is 0.203. The van der Waals surface area contributed by atoms with Crippen LogP contribution < -0.4 is 5.73 Å². The lowest BCUT2D eigenvalue weighted by atomic mass is 10.1. The minimum Gasteiger partial charge on any atom is -0.399 e. The molecule has 3 nitrogen and oxygen atoms in total. The van der Waals surface area contributed by atoms with E-state index in [4.69, 9.17) is 11.0 Å². The van der Waals surface area contributed by atoms with E-state index in [-0.39, 0.29) is 0 Å². The standard InChI is InChI=1S/C18H21N3/c1-14(2)21(13-17-7-4-8-18(20)10-17)12-16-6-3-5-15(9-16)11-19/h3-10,14H,12-13,20H2,1-2H3. The van der Waals surface area contributed by atoms with Crippen molar-refractivity contribution in [2.24, 2.45) is 0 Å². The Bertz CT molecular complexity index is 641. The number of hydrogen-bond acceptors (Lipinski definition) is 3. The highest BCUT2D eigenvalue weighted by molar-refractivity contribution is 5.40. The Kier molecular flexibility index (Phi) is 4.97. The number of anilines is 1. The summed E-state index contributed by atoms with van der Waals surface area (Å²) in [7, 11) is 0. The molecule has 0 aliphatic rings. The maximum Gasteiger partial charge on any atom is 0.0991 e. The van der Waals surface area contributed by atoms with Crippen LogP contribution in [0.5, 0.6) is 0 Å². The molecule has 0 unspecified atom stereocenters. The van der Waals surface area contributed by atoms with Crippen molar-refractivity contribution in [3.05, 3.63) is 65.2 Å². The van der Waals surface area contributed by atoms with Crippen molar-refractivity contribution < 1.29 is 0 Å². The van der Waals surface area contributed by atoms with E-state index >= 15 is 0 Å². The van der Waals surface area contributed by atoms with Crippen LogP contribution in [-0.2, 0) is 13.1 Å². The summed E-state index contributed by atoms with van der Waals surface area (Å²) in [5.41, 5.74) is 9.72. The minimum atomic E-state index is 0.414. The lowest BCUT2D eigenvalue weighted by Crippen LogP contribution is -2.29. The van der Waals surface area contributed by atoms with Gasteiger partial charge in [0.2, 0.25) is 0 Å². The van der Waals surface area contributed by atoms with Crippen LogP contribution in [0.1, 0.15) is 30.5 Å². The van der Waals surface area contributed by atoms with E-state index in [9.17, 15) is 0 Å².